The summed E-state index contributed by atoms with van der Waals surface area (Å²) >= 11 is 10.8. The van der Waals surface area contributed by atoms with Gasteiger partial charge < -0.3 is 10.3 Å². The topological polar surface area (TPSA) is 48.0 Å². The van der Waals surface area contributed by atoms with Gasteiger partial charge in [-0.1, -0.05) is 23.2 Å². The van der Waals surface area contributed by atoms with Gasteiger partial charge in [0.15, 0.2) is 0 Å². The zero-order chi connectivity index (χ0) is 9.84. The van der Waals surface area contributed by atoms with Gasteiger partial charge in [0, 0.05) is 24.5 Å². The summed E-state index contributed by atoms with van der Waals surface area (Å²) in [5.74, 6) is 0. The molecule has 0 aliphatic rings. The summed E-state index contributed by atoms with van der Waals surface area (Å²) in [6.07, 6.45) is 3.06. The fourth-order valence-corrected chi connectivity index (χ4v) is 0.998. The molecule has 0 saturated carbocycles. The number of nitrogen functional groups attached to an aromatic ring is 1. The molecule has 0 atom stereocenters. The van der Waals surface area contributed by atoms with Gasteiger partial charge in [0.1, 0.15) is 4.49 Å². The molecule has 0 aliphatic carbocycles. The average Bonchev–Trinajstić information content (AvgIpc) is 2.06. The van der Waals surface area contributed by atoms with Crippen LogP contribution in [0.25, 0.3) is 0 Å². The number of anilines is 1. The number of hydrogen-bond donors (Lipinski definition) is 1. The van der Waals surface area contributed by atoms with Crippen LogP contribution in [0.2, 0.25) is 0 Å². The van der Waals surface area contributed by atoms with Crippen molar-refractivity contribution < 1.29 is 0 Å². The molecule has 5 heteroatoms. The molecule has 0 aromatic carbocycles. The van der Waals surface area contributed by atoms with E-state index in [0.717, 1.165) is 0 Å². The Bertz CT molecular complexity index is 380. The minimum atomic E-state index is -0.139. The fourth-order valence-electron chi connectivity index (χ4n) is 0.860. The molecule has 0 saturated heterocycles. The van der Waals surface area contributed by atoms with E-state index in [0.29, 0.717) is 12.2 Å². The van der Waals surface area contributed by atoms with E-state index in [2.05, 4.69) is 0 Å². The minimum absolute atomic E-state index is 0.134. The Kier molecular flexibility index (Phi) is 3.39. The van der Waals surface area contributed by atoms with Crippen molar-refractivity contribution in [3.05, 3.63) is 39.3 Å². The van der Waals surface area contributed by atoms with Crippen LogP contribution in [-0.2, 0) is 6.54 Å². The van der Waals surface area contributed by atoms with Crippen LogP contribution in [0.1, 0.15) is 0 Å². The summed E-state index contributed by atoms with van der Waals surface area (Å²) in [4.78, 5) is 11.2. The summed E-state index contributed by atoms with van der Waals surface area (Å²) in [7, 11) is 0. The minimum Gasteiger partial charge on any atom is -0.398 e. The van der Waals surface area contributed by atoms with Gasteiger partial charge in [-0.2, -0.15) is 0 Å². The maximum atomic E-state index is 11.2. The number of allylic oxidation sites excluding steroid dienone is 1. The van der Waals surface area contributed by atoms with Gasteiger partial charge in [0.25, 0.3) is 5.56 Å². The zero-order valence-corrected chi connectivity index (χ0v) is 8.22. The summed E-state index contributed by atoms with van der Waals surface area (Å²) < 4.78 is 1.55. The summed E-state index contributed by atoms with van der Waals surface area (Å²) in [6.45, 7) is 0.326. The fraction of sp³-hybridized carbons (Fsp3) is 0.125. The number of nitrogens with two attached hydrogens (primary N) is 1. The second-order valence-corrected chi connectivity index (χ2v) is 3.45. The summed E-state index contributed by atoms with van der Waals surface area (Å²) in [5.41, 5.74) is 5.88. The van der Waals surface area contributed by atoms with Gasteiger partial charge in [-0.25, -0.2) is 0 Å². The highest BCUT2D eigenvalue weighted by Crippen LogP contribution is 2.06. The first-order valence-corrected chi connectivity index (χ1v) is 4.32. The predicted octanol–water partition coefficient (Wildman–Crippen LogP) is 1.75. The van der Waals surface area contributed by atoms with Gasteiger partial charge in [-0.05, 0) is 12.1 Å². The monoisotopic (exact) mass is 218 g/mol. The molecular formula is C8H8Cl2N2O. The molecule has 0 fully saturated rings. The lowest BCUT2D eigenvalue weighted by Gasteiger charge is -2.01. The maximum absolute atomic E-state index is 11.2. The lowest BCUT2D eigenvalue weighted by molar-refractivity contribution is 0.781. The number of nitrogens with zero attached hydrogens (tertiary/aromatic N) is 1. The standard InChI is InChI=1S/C8H8Cl2N2O/c9-7(10)3-4-12-5-6(11)1-2-8(12)13/h1-3,5H,4,11H2. The highest BCUT2D eigenvalue weighted by molar-refractivity contribution is 6.55. The van der Waals surface area contributed by atoms with E-state index in [9.17, 15) is 4.79 Å². The van der Waals surface area contributed by atoms with Crippen molar-refractivity contribution in [3.63, 3.8) is 0 Å². The van der Waals surface area contributed by atoms with Crippen LogP contribution < -0.4 is 11.3 Å². The van der Waals surface area contributed by atoms with Crippen molar-refractivity contribution in [2.75, 3.05) is 5.73 Å². The lowest BCUT2D eigenvalue weighted by atomic mass is 10.4. The number of aromatic nitrogens is 1. The lowest BCUT2D eigenvalue weighted by Crippen LogP contribution is -2.17. The van der Waals surface area contributed by atoms with E-state index >= 15 is 0 Å². The normalized spacial score (nSPS) is 9.69. The third-order valence-corrected chi connectivity index (χ3v) is 1.76. The van der Waals surface area contributed by atoms with E-state index in [1.807, 2.05) is 0 Å². The van der Waals surface area contributed by atoms with Crippen LogP contribution in [0.15, 0.2) is 33.7 Å². The Morgan fingerprint density at radius 2 is 2.23 bits per heavy atom. The van der Waals surface area contributed by atoms with Crippen LogP contribution in [0.3, 0.4) is 0 Å². The van der Waals surface area contributed by atoms with Crippen molar-refractivity contribution in [1.82, 2.24) is 4.57 Å². The molecule has 2 N–H and O–H groups in total. The van der Waals surface area contributed by atoms with E-state index in [-0.39, 0.29) is 10.1 Å². The number of rotatable bonds is 2. The molecule has 0 spiro atoms. The van der Waals surface area contributed by atoms with Crippen molar-refractivity contribution in [3.8, 4) is 0 Å². The second-order valence-electron chi connectivity index (χ2n) is 2.45. The van der Waals surface area contributed by atoms with E-state index in [1.54, 1.807) is 6.07 Å². The van der Waals surface area contributed by atoms with Crippen LogP contribution >= 0.6 is 23.2 Å². The quantitative estimate of drug-likeness (QED) is 0.823. The van der Waals surface area contributed by atoms with E-state index < -0.39 is 0 Å². The first kappa shape index (κ1) is 10.2. The smallest absolute Gasteiger partial charge is 0.250 e. The van der Waals surface area contributed by atoms with Crippen LogP contribution in [0.5, 0.6) is 0 Å². The largest absolute Gasteiger partial charge is 0.398 e. The Labute approximate surface area is 85.4 Å². The van der Waals surface area contributed by atoms with Gasteiger partial charge in [0.2, 0.25) is 0 Å². The molecule has 70 valence electrons. The molecule has 0 bridgehead atoms. The first-order chi connectivity index (χ1) is 6.09. The molecule has 0 unspecified atom stereocenters. The van der Waals surface area contributed by atoms with Gasteiger partial charge >= 0.3 is 0 Å². The summed E-state index contributed by atoms with van der Waals surface area (Å²) in [5, 5.41) is 0. The SMILES string of the molecule is Nc1ccc(=O)n(CC=C(Cl)Cl)c1. The first-order valence-electron chi connectivity index (χ1n) is 3.57. The molecule has 0 amide bonds. The molecule has 0 radical (unpaired) electrons. The third kappa shape index (κ3) is 3.13. The van der Waals surface area contributed by atoms with Crippen molar-refractivity contribution >= 4 is 28.9 Å². The van der Waals surface area contributed by atoms with Gasteiger partial charge in [0.05, 0.1) is 0 Å². The van der Waals surface area contributed by atoms with Crippen molar-refractivity contribution in [2.45, 2.75) is 6.54 Å². The Morgan fingerprint density at radius 3 is 2.85 bits per heavy atom. The Balaban J connectivity index is 2.94. The molecule has 0 aliphatic heterocycles. The molecule has 1 rings (SSSR count). The van der Waals surface area contributed by atoms with Crippen LogP contribution in [-0.4, -0.2) is 4.57 Å². The highest BCUT2D eigenvalue weighted by Gasteiger charge is 1.94. The molecular weight excluding hydrogens is 211 g/mol. The predicted molar refractivity (Wildman–Crippen MR) is 54.9 cm³/mol. The third-order valence-electron chi connectivity index (χ3n) is 1.45. The van der Waals surface area contributed by atoms with Crippen LogP contribution in [0.4, 0.5) is 5.69 Å². The van der Waals surface area contributed by atoms with E-state index in [1.165, 1.54) is 22.9 Å². The van der Waals surface area contributed by atoms with Gasteiger partial charge in [-0.15, -0.1) is 0 Å². The molecule has 1 heterocycles. The molecule has 1 aromatic heterocycles. The van der Waals surface area contributed by atoms with E-state index in [4.69, 9.17) is 28.9 Å². The molecule has 1 aromatic rings. The Morgan fingerprint density at radius 1 is 1.54 bits per heavy atom. The molecule has 3 nitrogen and oxygen atoms in total. The summed E-state index contributed by atoms with van der Waals surface area (Å²) in [6, 6.07) is 2.94. The van der Waals surface area contributed by atoms with Gasteiger partial charge in [-0.3, -0.25) is 4.79 Å². The molecule has 13 heavy (non-hydrogen) atoms. The number of hydrogen-bond acceptors (Lipinski definition) is 2. The second kappa shape index (κ2) is 4.35. The highest BCUT2D eigenvalue weighted by atomic mass is 35.5. The average molecular weight is 219 g/mol. The maximum Gasteiger partial charge on any atom is 0.250 e. The van der Waals surface area contributed by atoms with Crippen LogP contribution in [0, 0.1) is 0 Å². The zero-order valence-electron chi connectivity index (χ0n) is 6.71. The number of halogens is 2. The Hall–Kier alpha value is -0.930. The van der Waals surface area contributed by atoms with Crippen molar-refractivity contribution in [1.29, 1.82) is 0 Å². The van der Waals surface area contributed by atoms with Crippen molar-refractivity contribution in [2.24, 2.45) is 0 Å². The number of pyridine rings is 1.